The van der Waals surface area contributed by atoms with Gasteiger partial charge in [0.1, 0.15) is 8.07 Å². The highest BCUT2D eigenvalue weighted by atomic mass is 28.3. The van der Waals surface area contributed by atoms with Crippen molar-refractivity contribution in [2.75, 3.05) is 0 Å². The van der Waals surface area contributed by atoms with Crippen molar-refractivity contribution in [3.63, 3.8) is 0 Å². The lowest BCUT2D eigenvalue weighted by Crippen LogP contribution is -2.21. The number of hydrogen-bond acceptors (Lipinski definition) is 1. The molecule has 0 radical (unpaired) electrons. The van der Waals surface area contributed by atoms with Crippen LogP contribution in [0.25, 0.3) is 0 Å². The summed E-state index contributed by atoms with van der Waals surface area (Å²) in [6.45, 7) is 8.95. The second-order valence-corrected chi connectivity index (χ2v) is 9.37. The van der Waals surface area contributed by atoms with Crippen LogP contribution in [0, 0.1) is 11.5 Å². The van der Waals surface area contributed by atoms with Gasteiger partial charge in [0.25, 0.3) is 0 Å². The van der Waals surface area contributed by atoms with Gasteiger partial charge in [0, 0.05) is 0 Å². The van der Waals surface area contributed by atoms with E-state index in [4.69, 9.17) is 5.73 Å². The SMILES string of the molecule is CCCCC[C@H](N)C#C[Si](C)(C)C. The zero-order valence-corrected chi connectivity index (χ0v) is 10.5. The molecule has 0 saturated heterocycles. The van der Waals surface area contributed by atoms with Gasteiger partial charge in [-0.05, 0) is 6.42 Å². The third kappa shape index (κ3) is 9.65. The predicted molar refractivity (Wildman–Crippen MR) is 63.2 cm³/mol. The molecule has 0 aromatic carbocycles. The van der Waals surface area contributed by atoms with Gasteiger partial charge in [-0.25, -0.2) is 0 Å². The van der Waals surface area contributed by atoms with Gasteiger partial charge >= 0.3 is 0 Å². The second kappa shape index (κ2) is 6.23. The van der Waals surface area contributed by atoms with Crippen molar-refractivity contribution < 1.29 is 0 Å². The van der Waals surface area contributed by atoms with Crippen molar-refractivity contribution in [1.29, 1.82) is 0 Å². The fourth-order valence-electron chi connectivity index (χ4n) is 0.996. The Balaban J connectivity index is 3.71. The van der Waals surface area contributed by atoms with Crippen LogP contribution >= 0.6 is 0 Å². The van der Waals surface area contributed by atoms with Crippen LogP contribution in [-0.4, -0.2) is 14.1 Å². The highest BCUT2D eigenvalue weighted by molar-refractivity contribution is 6.83. The zero-order valence-electron chi connectivity index (χ0n) is 9.48. The molecule has 76 valence electrons. The monoisotopic (exact) mass is 197 g/mol. The van der Waals surface area contributed by atoms with E-state index >= 15 is 0 Å². The van der Waals surface area contributed by atoms with Gasteiger partial charge in [-0.2, -0.15) is 0 Å². The van der Waals surface area contributed by atoms with Crippen LogP contribution in [0.4, 0.5) is 0 Å². The molecule has 2 N–H and O–H groups in total. The van der Waals surface area contributed by atoms with Crippen LogP contribution in [0.1, 0.15) is 32.6 Å². The Morgan fingerprint density at radius 2 is 1.85 bits per heavy atom. The molecule has 1 nitrogen and oxygen atoms in total. The lowest BCUT2D eigenvalue weighted by Gasteiger charge is -2.06. The molecule has 0 rings (SSSR count). The smallest absolute Gasteiger partial charge is 0.129 e. The summed E-state index contributed by atoms with van der Waals surface area (Å²) in [6.07, 6.45) is 4.82. The Hall–Kier alpha value is -0.263. The first-order chi connectivity index (χ1) is 5.95. The molecule has 0 aromatic rings. The quantitative estimate of drug-likeness (QED) is 0.419. The minimum atomic E-state index is -1.21. The molecule has 0 amide bonds. The molecule has 0 saturated carbocycles. The summed E-state index contributed by atoms with van der Waals surface area (Å²) in [5.41, 5.74) is 9.18. The molecular weight excluding hydrogens is 174 g/mol. The first-order valence-corrected chi connectivity index (χ1v) is 8.74. The Kier molecular flexibility index (Phi) is 6.10. The van der Waals surface area contributed by atoms with E-state index in [0.29, 0.717) is 0 Å². The molecule has 0 aromatic heterocycles. The maximum atomic E-state index is 5.87. The Morgan fingerprint density at radius 1 is 1.23 bits per heavy atom. The normalized spacial score (nSPS) is 13.3. The van der Waals surface area contributed by atoms with Gasteiger partial charge in [-0.15, -0.1) is 5.54 Å². The lowest BCUT2D eigenvalue weighted by molar-refractivity contribution is 0.632. The lowest BCUT2D eigenvalue weighted by atomic mass is 10.1. The van der Waals surface area contributed by atoms with Crippen molar-refractivity contribution in [2.24, 2.45) is 5.73 Å². The van der Waals surface area contributed by atoms with E-state index in [1.54, 1.807) is 0 Å². The van der Waals surface area contributed by atoms with Gasteiger partial charge < -0.3 is 5.73 Å². The number of hydrogen-bond donors (Lipinski definition) is 1. The van der Waals surface area contributed by atoms with Gasteiger partial charge in [-0.3, -0.25) is 0 Å². The molecule has 13 heavy (non-hydrogen) atoms. The maximum Gasteiger partial charge on any atom is 0.129 e. The summed E-state index contributed by atoms with van der Waals surface area (Å²) in [5.74, 6) is 3.17. The summed E-state index contributed by atoms with van der Waals surface area (Å²) in [5, 5.41) is 0. The van der Waals surface area contributed by atoms with Crippen molar-refractivity contribution in [1.82, 2.24) is 0 Å². The van der Waals surface area contributed by atoms with E-state index in [0.717, 1.165) is 6.42 Å². The first-order valence-electron chi connectivity index (χ1n) is 5.24. The first kappa shape index (κ1) is 12.7. The second-order valence-electron chi connectivity index (χ2n) is 4.62. The van der Waals surface area contributed by atoms with Gasteiger partial charge in [0.2, 0.25) is 0 Å². The average molecular weight is 197 g/mol. The van der Waals surface area contributed by atoms with Crippen LogP contribution in [0.3, 0.4) is 0 Å². The van der Waals surface area contributed by atoms with E-state index in [-0.39, 0.29) is 6.04 Å². The summed E-state index contributed by atoms with van der Waals surface area (Å²) in [6, 6.07) is 0.110. The largest absolute Gasteiger partial charge is 0.318 e. The zero-order chi connectivity index (χ0) is 10.3. The standard InChI is InChI=1S/C11H23NSi/c1-5-6-7-8-11(12)9-10-13(2,3)4/h11H,5-8,12H2,1-4H3/t11-/m0/s1. The summed E-state index contributed by atoms with van der Waals surface area (Å²) in [4.78, 5) is 0. The average Bonchev–Trinajstić information content (AvgIpc) is 2.00. The van der Waals surface area contributed by atoms with Crippen LogP contribution in [-0.2, 0) is 0 Å². The van der Waals surface area contributed by atoms with Crippen LogP contribution in [0.15, 0.2) is 0 Å². The third-order valence-electron chi connectivity index (χ3n) is 1.75. The Morgan fingerprint density at radius 3 is 2.31 bits per heavy atom. The number of unbranched alkanes of at least 4 members (excludes halogenated alkanes) is 2. The fraction of sp³-hybridized carbons (Fsp3) is 0.818. The van der Waals surface area contributed by atoms with Crippen molar-refractivity contribution >= 4 is 8.07 Å². The van der Waals surface area contributed by atoms with Crippen molar-refractivity contribution in [3.05, 3.63) is 0 Å². The molecule has 0 aliphatic carbocycles. The minimum absolute atomic E-state index is 0.110. The molecule has 0 bridgehead atoms. The van der Waals surface area contributed by atoms with Crippen LogP contribution in [0.5, 0.6) is 0 Å². The molecule has 1 atom stereocenters. The van der Waals surface area contributed by atoms with Crippen LogP contribution < -0.4 is 5.73 Å². The van der Waals surface area contributed by atoms with E-state index < -0.39 is 8.07 Å². The molecule has 0 fully saturated rings. The third-order valence-corrected chi connectivity index (χ3v) is 2.65. The topological polar surface area (TPSA) is 26.0 Å². The molecule has 0 heterocycles. The van der Waals surface area contributed by atoms with Crippen LogP contribution in [0.2, 0.25) is 19.6 Å². The molecular formula is C11H23NSi. The van der Waals surface area contributed by atoms with Gasteiger partial charge in [0.15, 0.2) is 0 Å². The molecule has 0 unspecified atom stereocenters. The van der Waals surface area contributed by atoms with Crippen molar-refractivity contribution in [3.8, 4) is 11.5 Å². The van der Waals surface area contributed by atoms with Crippen molar-refractivity contribution in [2.45, 2.75) is 58.3 Å². The number of nitrogens with two attached hydrogens (primary N) is 1. The summed E-state index contributed by atoms with van der Waals surface area (Å²) >= 11 is 0. The minimum Gasteiger partial charge on any atom is -0.318 e. The molecule has 0 spiro atoms. The Bertz CT molecular complexity index is 182. The van der Waals surface area contributed by atoms with E-state index in [1.807, 2.05) is 0 Å². The van der Waals surface area contributed by atoms with E-state index in [2.05, 4.69) is 38.0 Å². The maximum absolute atomic E-state index is 5.87. The van der Waals surface area contributed by atoms with E-state index in [1.165, 1.54) is 19.3 Å². The van der Waals surface area contributed by atoms with E-state index in [9.17, 15) is 0 Å². The fourth-order valence-corrected chi connectivity index (χ4v) is 1.61. The Labute approximate surface area is 84.1 Å². The number of rotatable bonds is 4. The molecule has 0 aliphatic heterocycles. The van der Waals surface area contributed by atoms with Gasteiger partial charge in [-0.1, -0.05) is 51.7 Å². The highest BCUT2D eigenvalue weighted by Gasteiger charge is 2.08. The molecule has 2 heteroatoms. The summed E-state index contributed by atoms with van der Waals surface area (Å²) in [7, 11) is -1.21. The van der Waals surface area contributed by atoms with Gasteiger partial charge in [0.05, 0.1) is 6.04 Å². The summed E-state index contributed by atoms with van der Waals surface area (Å²) < 4.78 is 0. The molecule has 0 aliphatic rings. The highest BCUT2D eigenvalue weighted by Crippen LogP contribution is 2.02. The predicted octanol–water partition coefficient (Wildman–Crippen LogP) is 2.77.